The van der Waals surface area contributed by atoms with Crippen molar-refractivity contribution in [1.82, 2.24) is 4.98 Å². The minimum absolute atomic E-state index is 0.0101. The molecule has 1 fully saturated rings. The number of aryl methyl sites for hydroxylation is 1. The summed E-state index contributed by atoms with van der Waals surface area (Å²) in [6.07, 6.45) is 1.75. The Bertz CT molecular complexity index is 1520. The molecule has 1 saturated heterocycles. The number of rotatable bonds is 8. The zero-order chi connectivity index (χ0) is 26.8. The van der Waals surface area contributed by atoms with E-state index in [1.807, 2.05) is 43.3 Å². The van der Waals surface area contributed by atoms with Crippen molar-refractivity contribution < 1.29 is 24.2 Å². The van der Waals surface area contributed by atoms with Crippen molar-refractivity contribution in [1.29, 1.82) is 0 Å². The number of aliphatic hydroxyl groups excluding tert-OH is 1. The van der Waals surface area contributed by atoms with Crippen molar-refractivity contribution in [3.05, 3.63) is 89.0 Å². The number of aromatic nitrogens is 1. The molecule has 7 nitrogen and oxygen atoms in total. The minimum atomic E-state index is -0.858. The van der Waals surface area contributed by atoms with E-state index in [4.69, 9.17) is 14.5 Å². The quantitative estimate of drug-likeness (QED) is 0.164. The Hall–Kier alpha value is -4.17. The summed E-state index contributed by atoms with van der Waals surface area (Å²) in [5, 5.41) is 11.7. The van der Waals surface area contributed by atoms with Crippen LogP contribution in [0.15, 0.2) is 72.3 Å². The summed E-state index contributed by atoms with van der Waals surface area (Å²) in [6.45, 7) is 4.69. The SMILES string of the molecule is CCCOc1ccc(C2/C(=C(\O)c3ccc(OC)cc3)C(=O)C(=O)N2c2nc3ccc(CC)cc3s2)cc1. The largest absolute Gasteiger partial charge is 0.507 e. The zero-order valence-electron chi connectivity index (χ0n) is 21.4. The molecule has 4 aromatic rings. The second kappa shape index (κ2) is 10.7. The molecule has 1 N–H and O–H groups in total. The number of ketones is 1. The summed E-state index contributed by atoms with van der Waals surface area (Å²) in [7, 11) is 1.55. The van der Waals surface area contributed by atoms with Crippen LogP contribution in [-0.4, -0.2) is 35.5 Å². The van der Waals surface area contributed by atoms with Crippen molar-refractivity contribution in [2.75, 3.05) is 18.6 Å². The Morgan fingerprint density at radius 3 is 2.37 bits per heavy atom. The zero-order valence-corrected chi connectivity index (χ0v) is 22.2. The van der Waals surface area contributed by atoms with Gasteiger partial charge in [-0.2, -0.15) is 0 Å². The van der Waals surface area contributed by atoms with E-state index in [0.717, 1.165) is 28.6 Å². The molecule has 8 heteroatoms. The molecule has 0 aliphatic carbocycles. The fraction of sp³-hybridized carbons (Fsp3) is 0.233. The van der Waals surface area contributed by atoms with E-state index in [1.54, 1.807) is 31.4 Å². The number of nitrogens with zero attached hydrogens (tertiary/aromatic N) is 2. The molecule has 194 valence electrons. The summed E-state index contributed by atoms with van der Waals surface area (Å²) in [5.41, 5.74) is 3.00. The van der Waals surface area contributed by atoms with Gasteiger partial charge in [0.2, 0.25) is 0 Å². The van der Waals surface area contributed by atoms with Gasteiger partial charge in [0, 0.05) is 5.56 Å². The maximum atomic E-state index is 13.5. The molecule has 1 aliphatic rings. The van der Waals surface area contributed by atoms with Crippen LogP contribution in [0.4, 0.5) is 5.13 Å². The van der Waals surface area contributed by atoms with Gasteiger partial charge in [0.25, 0.3) is 5.78 Å². The molecule has 38 heavy (non-hydrogen) atoms. The smallest absolute Gasteiger partial charge is 0.301 e. The summed E-state index contributed by atoms with van der Waals surface area (Å²) in [6, 6.07) is 19.1. The highest BCUT2D eigenvalue weighted by Crippen LogP contribution is 2.44. The number of aliphatic hydroxyl groups is 1. The van der Waals surface area contributed by atoms with Crippen molar-refractivity contribution in [3.63, 3.8) is 0 Å². The molecule has 1 aliphatic heterocycles. The first-order valence-corrected chi connectivity index (χ1v) is 13.3. The average Bonchev–Trinajstić information content (AvgIpc) is 3.49. The maximum absolute atomic E-state index is 13.5. The van der Waals surface area contributed by atoms with Gasteiger partial charge in [-0.1, -0.05) is 43.4 Å². The van der Waals surface area contributed by atoms with Gasteiger partial charge in [0.05, 0.1) is 35.5 Å². The van der Waals surface area contributed by atoms with E-state index in [0.29, 0.717) is 34.4 Å². The van der Waals surface area contributed by atoms with E-state index in [-0.39, 0.29) is 11.3 Å². The topological polar surface area (TPSA) is 89.0 Å². The molecule has 0 bridgehead atoms. The average molecular weight is 529 g/mol. The van der Waals surface area contributed by atoms with E-state index in [9.17, 15) is 14.7 Å². The molecule has 2 heterocycles. The van der Waals surface area contributed by atoms with E-state index in [1.165, 1.54) is 16.2 Å². The number of Topliss-reactive ketones (excluding diaryl/α,β-unsaturated/α-hetero) is 1. The van der Waals surface area contributed by atoms with Gasteiger partial charge < -0.3 is 14.6 Å². The van der Waals surface area contributed by atoms with Crippen molar-refractivity contribution in [2.45, 2.75) is 32.7 Å². The predicted molar refractivity (Wildman–Crippen MR) is 149 cm³/mol. The van der Waals surface area contributed by atoms with Crippen LogP contribution in [-0.2, 0) is 16.0 Å². The molecule has 0 saturated carbocycles. The van der Waals surface area contributed by atoms with Crippen molar-refractivity contribution >= 4 is 44.1 Å². The Kier molecular flexibility index (Phi) is 7.15. The standard InChI is InChI=1S/C30H28N2O5S/c1-4-16-37-22-13-7-19(8-14-22)26-25(27(33)20-9-11-21(36-3)12-10-20)28(34)29(35)32(26)30-31-23-15-6-18(5-2)17-24(23)38-30/h6-15,17,26,33H,4-5,16H2,1-3H3/b27-25+. The third kappa shape index (κ3) is 4.63. The molecule has 0 spiro atoms. The number of methoxy groups -OCH3 is 1. The Morgan fingerprint density at radius 1 is 1.00 bits per heavy atom. The van der Waals surface area contributed by atoms with Gasteiger partial charge in [-0.05, 0) is 72.5 Å². The Labute approximate surface area is 225 Å². The lowest BCUT2D eigenvalue weighted by Gasteiger charge is -2.23. The van der Waals surface area contributed by atoms with Crippen LogP contribution in [0.2, 0.25) is 0 Å². The van der Waals surface area contributed by atoms with Crippen molar-refractivity contribution in [2.24, 2.45) is 0 Å². The van der Waals surface area contributed by atoms with E-state index >= 15 is 0 Å². The number of hydrogen-bond donors (Lipinski definition) is 1. The third-order valence-corrected chi connectivity index (χ3v) is 7.55. The Balaban J connectivity index is 1.65. The molecular formula is C30H28N2O5S. The predicted octanol–water partition coefficient (Wildman–Crippen LogP) is 6.28. The lowest BCUT2D eigenvalue weighted by molar-refractivity contribution is -0.132. The first-order valence-electron chi connectivity index (χ1n) is 12.5. The number of ether oxygens (including phenoxy) is 2. The summed E-state index contributed by atoms with van der Waals surface area (Å²) >= 11 is 1.35. The van der Waals surface area contributed by atoms with E-state index in [2.05, 4.69) is 13.0 Å². The Morgan fingerprint density at radius 2 is 1.71 bits per heavy atom. The van der Waals surface area contributed by atoms with Gasteiger partial charge in [-0.15, -0.1) is 0 Å². The maximum Gasteiger partial charge on any atom is 0.301 e. The molecule has 1 aromatic heterocycles. The van der Waals surface area contributed by atoms with Crippen LogP contribution in [0, 0.1) is 0 Å². The molecule has 1 atom stereocenters. The number of benzene rings is 3. The summed E-state index contributed by atoms with van der Waals surface area (Å²) in [5.74, 6) is -0.439. The number of hydrogen-bond acceptors (Lipinski definition) is 7. The van der Waals surface area contributed by atoms with Gasteiger partial charge in [0.15, 0.2) is 5.13 Å². The van der Waals surface area contributed by atoms with Gasteiger partial charge >= 0.3 is 5.91 Å². The first-order chi connectivity index (χ1) is 18.4. The second-order valence-electron chi connectivity index (χ2n) is 8.97. The van der Waals surface area contributed by atoms with E-state index < -0.39 is 17.7 Å². The second-order valence-corrected chi connectivity index (χ2v) is 9.98. The molecule has 1 unspecified atom stereocenters. The monoisotopic (exact) mass is 528 g/mol. The lowest BCUT2D eigenvalue weighted by Crippen LogP contribution is -2.29. The first kappa shape index (κ1) is 25.5. The molecule has 5 rings (SSSR count). The molecule has 3 aromatic carbocycles. The number of amides is 1. The highest BCUT2D eigenvalue weighted by molar-refractivity contribution is 7.22. The summed E-state index contributed by atoms with van der Waals surface area (Å²) < 4.78 is 11.9. The third-order valence-electron chi connectivity index (χ3n) is 6.53. The van der Waals surface area contributed by atoms with Crippen LogP contribution in [0.5, 0.6) is 11.5 Å². The fourth-order valence-electron chi connectivity index (χ4n) is 4.50. The minimum Gasteiger partial charge on any atom is -0.507 e. The lowest BCUT2D eigenvalue weighted by atomic mass is 9.95. The van der Waals surface area contributed by atoms with Crippen LogP contribution >= 0.6 is 11.3 Å². The fourth-order valence-corrected chi connectivity index (χ4v) is 5.55. The number of anilines is 1. The number of thiazole rings is 1. The summed E-state index contributed by atoms with van der Waals surface area (Å²) in [4.78, 5) is 33.1. The van der Waals surface area contributed by atoms with Gasteiger partial charge in [-0.25, -0.2) is 4.98 Å². The van der Waals surface area contributed by atoms with Crippen LogP contribution in [0.25, 0.3) is 16.0 Å². The molecule has 1 amide bonds. The van der Waals surface area contributed by atoms with Crippen LogP contribution in [0.1, 0.15) is 43.0 Å². The van der Waals surface area contributed by atoms with Gasteiger partial charge in [-0.3, -0.25) is 14.5 Å². The number of carbonyl (C=O) groups excluding carboxylic acids is 2. The normalized spacial score (nSPS) is 16.8. The highest BCUT2D eigenvalue weighted by Gasteiger charge is 2.48. The molecular weight excluding hydrogens is 500 g/mol. The van der Waals surface area contributed by atoms with Crippen LogP contribution in [0.3, 0.4) is 0 Å². The van der Waals surface area contributed by atoms with Crippen molar-refractivity contribution in [3.8, 4) is 11.5 Å². The molecule has 0 radical (unpaired) electrons. The number of carbonyl (C=O) groups is 2. The van der Waals surface area contributed by atoms with Gasteiger partial charge in [0.1, 0.15) is 17.3 Å². The number of fused-ring (bicyclic) bond motifs is 1. The van der Waals surface area contributed by atoms with Crippen LogP contribution < -0.4 is 14.4 Å². The highest BCUT2D eigenvalue weighted by atomic mass is 32.1.